The zero-order valence-corrected chi connectivity index (χ0v) is 13.5. The average Bonchev–Trinajstić information content (AvgIpc) is 2.80. The molecule has 6 heteroatoms. The first kappa shape index (κ1) is 15.5. The molecule has 1 N–H and O–H groups in total. The number of nitrogens with zero attached hydrogens (tertiary/aromatic N) is 2. The second-order valence-electron chi connectivity index (χ2n) is 5.95. The third-order valence-electron chi connectivity index (χ3n) is 4.40. The summed E-state index contributed by atoms with van der Waals surface area (Å²) < 4.78 is 3.28. The highest BCUT2D eigenvalue weighted by molar-refractivity contribution is 6.00. The molecule has 1 aliphatic rings. The van der Waals surface area contributed by atoms with Crippen LogP contribution in [-0.2, 0) is 22.6 Å². The van der Waals surface area contributed by atoms with Crippen molar-refractivity contribution < 1.29 is 9.59 Å². The van der Waals surface area contributed by atoms with Crippen LogP contribution in [0.2, 0.25) is 0 Å². The van der Waals surface area contributed by atoms with E-state index in [1.807, 2.05) is 25.1 Å². The zero-order chi connectivity index (χ0) is 16.6. The molecule has 2 aromatic rings. The van der Waals surface area contributed by atoms with Gasteiger partial charge in [-0.3, -0.25) is 24.0 Å². The number of imidazole rings is 1. The van der Waals surface area contributed by atoms with Crippen molar-refractivity contribution in [3.63, 3.8) is 0 Å². The van der Waals surface area contributed by atoms with Gasteiger partial charge in [0.25, 0.3) is 0 Å². The normalized spacial score (nSPS) is 18.4. The van der Waals surface area contributed by atoms with Crippen molar-refractivity contribution in [2.75, 3.05) is 0 Å². The molecule has 2 amide bonds. The van der Waals surface area contributed by atoms with Crippen LogP contribution in [0.4, 0.5) is 0 Å². The summed E-state index contributed by atoms with van der Waals surface area (Å²) in [6, 6.07) is 5.30. The number of piperidine rings is 1. The summed E-state index contributed by atoms with van der Waals surface area (Å²) in [6.45, 7) is 4.70. The number of nitrogens with one attached hydrogen (secondary N) is 1. The fourth-order valence-corrected chi connectivity index (χ4v) is 3.21. The molecule has 0 saturated carbocycles. The van der Waals surface area contributed by atoms with Crippen molar-refractivity contribution in [3.8, 4) is 0 Å². The van der Waals surface area contributed by atoms with Crippen LogP contribution < -0.4 is 11.0 Å². The first-order valence-electron chi connectivity index (χ1n) is 8.14. The van der Waals surface area contributed by atoms with Gasteiger partial charge < -0.3 is 0 Å². The lowest BCUT2D eigenvalue weighted by molar-refractivity contribution is -0.135. The van der Waals surface area contributed by atoms with E-state index in [-0.39, 0.29) is 18.0 Å². The topological polar surface area (TPSA) is 73.1 Å². The number of aromatic nitrogens is 2. The molecule has 1 fully saturated rings. The van der Waals surface area contributed by atoms with Crippen molar-refractivity contribution in [1.82, 2.24) is 14.5 Å². The van der Waals surface area contributed by atoms with Gasteiger partial charge in [-0.1, -0.05) is 19.9 Å². The van der Waals surface area contributed by atoms with Crippen LogP contribution in [0.25, 0.3) is 11.0 Å². The summed E-state index contributed by atoms with van der Waals surface area (Å²) in [5, 5.41) is 2.34. The molecule has 1 aromatic heterocycles. The van der Waals surface area contributed by atoms with Gasteiger partial charge in [-0.2, -0.15) is 0 Å². The number of rotatable bonds is 4. The number of carbonyl (C=O) groups is 2. The number of hydrogen-bond acceptors (Lipinski definition) is 3. The van der Waals surface area contributed by atoms with Gasteiger partial charge in [0.1, 0.15) is 6.04 Å². The van der Waals surface area contributed by atoms with Crippen molar-refractivity contribution in [2.45, 2.75) is 52.1 Å². The number of carbonyl (C=O) groups excluding carboxylic acids is 2. The summed E-state index contributed by atoms with van der Waals surface area (Å²) in [7, 11) is 0. The lowest BCUT2D eigenvalue weighted by Gasteiger charge is -2.21. The summed E-state index contributed by atoms with van der Waals surface area (Å²) in [6.07, 6.45) is 2.35. The number of hydrogen-bond donors (Lipinski definition) is 1. The van der Waals surface area contributed by atoms with Crippen LogP contribution in [0.3, 0.4) is 0 Å². The molecule has 23 heavy (non-hydrogen) atoms. The lowest BCUT2D eigenvalue weighted by atomic mass is 10.1. The van der Waals surface area contributed by atoms with Crippen LogP contribution in [-0.4, -0.2) is 20.9 Å². The van der Waals surface area contributed by atoms with Gasteiger partial charge in [0.05, 0.1) is 11.0 Å². The molecule has 6 nitrogen and oxygen atoms in total. The predicted octanol–water partition coefficient (Wildman–Crippen LogP) is 1.75. The molecule has 0 spiro atoms. The van der Waals surface area contributed by atoms with Gasteiger partial charge in [-0.25, -0.2) is 4.79 Å². The second kappa shape index (κ2) is 6.02. The Morgan fingerprint density at radius 3 is 2.61 bits per heavy atom. The standard InChI is InChI=1S/C17H21N3O3/c1-3-9-19-14-10-11(4-2)5-6-12(14)20(17(19)23)13-7-8-15(21)18-16(13)22/h5-6,10,13H,3-4,7-9H2,1-2H3,(H,18,21,22). The van der Waals surface area contributed by atoms with Gasteiger partial charge >= 0.3 is 5.69 Å². The molecule has 1 unspecified atom stereocenters. The molecule has 1 aliphatic heterocycles. The van der Waals surface area contributed by atoms with E-state index >= 15 is 0 Å². The summed E-state index contributed by atoms with van der Waals surface area (Å²) >= 11 is 0. The third-order valence-corrected chi connectivity index (χ3v) is 4.40. The molecule has 1 aromatic carbocycles. The zero-order valence-electron chi connectivity index (χ0n) is 13.5. The highest BCUT2D eigenvalue weighted by atomic mass is 16.2. The first-order valence-corrected chi connectivity index (χ1v) is 8.14. The van der Waals surface area contributed by atoms with Gasteiger partial charge in [0.15, 0.2) is 0 Å². The molecule has 0 aliphatic carbocycles. The Balaban J connectivity index is 2.20. The van der Waals surface area contributed by atoms with Gasteiger partial charge in [0, 0.05) is 13.0 Å². The summed E-state index contributed by atoms with van der Waals surface area (Å²) in [5.74, 6) is -0.664. The van der Waals surface area contributed by atoms with E-state index in [2.05, 4.69) is 12.2 Å². The van der Waals surface area contributed by atoms with Crippen LogP contribution in [0.5, 0.6) is 0 Å². The van der Waals surface area contributed by atoms with Gasteiger partial charge in [-0.15, -0.1) is 0 Å². The molecule has 2 heterocycles. The van der Waals surface area contributed by atoms with E-state index in [1.54, 1.807) is 9.13 Å². The van der Waals surface area contributed by atoms with Gasteiger partial charge in [-0.05, 0) is 37.0 Å². The first-order chi connectivity index (χ1) is 11.1. The Labute approximate surface area is 134 Å². The molecule has 3 rings (SSSR count). The molecule has 1 saturated heterocycles. The molecule has 1 atom stereocenters. The Bertz CT molecular complexity index is 831. The van der Waals surface area contributed by atoms with E-state index in [0.29, 0.717) is 13.0 Å². The Morgan fingerprint density at radius 1 is 1.17 bits per heavy atom. The van der Waals surface area contributed by atoms with Crippen LogP contribution in [0.15, 0.2) is 23.0 Å². The number of aryl methyl sites for hydroxylation is 2. The lowest BCUT2D eigenvalue weighted by Crippen LogP contribution is -2.44. The average molecular weight is 315 g/mol. The molecular weight excluding hydrogens is 294 g/mol. The minimum Gasteiger partial charge on any atom is -0.295 e. The monoisotopic (exact) mass is 315 g/mol. The maximum Gasteiger partial charge on any atom is 0.329 e. The number of fused-ring (bicyclic) bond motifs is 1. The second-order valence-corrected chi connectivity index (χ2v) is 5.95. The molecule has 122 valence electrons. The fraction of sp³-hybridized carbons (Fsp3) is 0.471. The van der Waals surface area contributed by atoms with Crippen molar-refractivity contribution >= 4 is 22.8 Å². The van der Waals surface area contributed by atoms with E-state index in [4.69, 9.17) is 0 Å². The minimum absolute atomic E-state index is 0.176. The number of amides is 2. The van der Waals surface area contributed by atoms with E-state index in [0.717, 1.165) is 29.4 Å². The molecular formula is C17H21N3O3. The maximum absolute atomic E-state index is 12.9. The highest BCUT2D eigenvalue weighted by Crippen LogP contribution is 2.24. The largest absolute Gasteiger partial charge is 0.329 e. The van der Waals surface area contributed by atoms with Crippen molar-refractivity contribution in [2.24, 2.45) is 0 Å². The smallest absolute Gasteiger partial charge is 0.295 e. The predicted molar refractivity (Wildman–Crippen MR) is 87.3 cm³/mol. The maximum atomic E-state index is 12.9. The minimum atomic E-state index is -0.617. The van der Waals surface area contributed by atoms with Crippen LogP contribution in [0.1, 0.15) is 44.7 Å². The van der Waals surface area contributed by atoms with Crippen molar-refractivity contribution in [3.05, 3.63) is 34.2 Å². The number of imide groups is 1. The van der Waals surface area contributed by atoms with E-state index in [1.165, 1.54) is 0 Å². The Hall–Kier alpha value is -2.37. The van der Waals surface area contributed by atoms with Crippen molar-refractivity contribution in [1.29, 1.82) is 0 Å². The Kier molecular flexibility index (Phi) is 4.07. The Morgan fingerprint density at radius 2 is 1.96 bits per heavy atom. The SMILES string of the molecule is CCCn1c(=O)n(C2CCC(=O)NC2=O)c2ccc(CC)cc21. The third kappa shape index (κ3) is 2.58. The highest BCUT2D eigenvalue weighted by Gasteiger charge is 2.31. The fourth-order valence-electron chi connectivity index (χ4n) is 3.21. The summed E-state index contributed by atoms with van der Waals surface area (Å²) in [4.78, 5) is 36.4. The van der Waals surface area contributed by atoms with E-state index < -0.39 is 11.9 Å². The van der Waals surface area contributed by atoms with Crippen LogP contribution >= 0.6 is 0 Å². The van der Waals surface area contributed by atoms with Gasteiger partial charge in [0.2, 0.25) is 11.8 Å². The summed E-state index contributed by atoms with van der Waals surface area (Å²) in [5.41, 5.74) is 2.60. The van der Waals surface area contributed by atoms with Crippen LogP contribution in [0, 0.1) is 0 Å². The molecule has 0 bridgehead atoms. The number of benzene rings is 1. The quantitative estimate of drug-likeness (QED) is 0.874. The molecule has 0 radical (unpaired) electrons. The van der Waals surface area contributed by atoms with E-state index in [9.17, 15) is 14.4 Å².